The van der Waals surface area contributed by atoms with Crippen molar-refractivity contribution in [3.8, 4) is 17.0 Å². The van der Waals surface area contributed by atoms with E-state index in [1.807, 2.05) is 0 Å². The highest BCUT2D eigenvalue weighted by molar-refractivity contribution is 6.34. The van der Waals surface area contributed by atoms with Crippen LogP contribution in [-0.4, -0.2) is 106 Å². The van der Waals surface area contributed by atoms with Gasteiger partial charge in [-0.2, -0.15) is 4.39 Å². The molecule has 1 unspecified atom stereocenters. The van der Waals surface area contributed by atoms with Gasteiger partial charge in [0.05, 0.1) is 35.7 Å². The number of nitrogens with zero attached hydrogens (tertiary/aromatic N) is 5. The number of rotatable bonds is 8. The molecule has 2 aromatic carbocycles. The molecule has 1 atom stereocenters. The maximum absolute atomic E-state index is 14.6. The Kier molecular flexibility index (Phi) is 9.47. The lowest BCUT2D eigenvalue weighted by Crippen LogP contribution is -2.51. The average molecular weight is 631 g/mol. The zero-order valence-electron chi connectivity index (χ0n) is 24.4. The van der Waals surface area contributed by atoms with E-state index in [0.717, 1.165) is 13.0 Å². The van der Waals surface area contributed by atoms with E-state index in [0.29, 0.717) is 51.4 Å². The largest absolute Gasteiger partial charge is 0.494 e. The number of aliphatic hydroxyl groups is 1. The topological polar surface area (TPSA) is 120 Å². The van der Waals surface area contributed by atoms with Gasteiger partial charge in [0.15, 0.2) is 17.4 Å². The normalized spacial score (nSPS) is 17.2. The van der Waals surface area contributed by atoms with Gasteiger partial charge in [-0.3, -0.25) is 14.4 Å². The Morgan fingerprint density at radius 1 is 1.07 bits per heavy atom. The number of methoxy groups -OCH3 is 1. The number of halogens is 3. The van der Waals surface area contributed by atoms with Gasteiger partial charge in [-0.15, -0.1) is 0 Å². The number of likely N-dealkylation sites (tertiary alicyclic amines) is 1. The third-order valence-electron chi connectivity index (χ3n) is 8.00. The fraction of sp³-hybridized carbons (Fsp3) is 0.400. The first-order chi connectivity index (χ1) is 21.1. The van der Waals surface area contributed by atoms with Crippen LogP contribution in [0.2, 0.25) is 5.02 Å². The van der Waals surface area contributed by atoms with Gasteiger partial charge in [-0.25, -0.2) is 9.37 Å². The van der Waals surface area contributed by atoms with E-state index < -0.39 is 17.5 Å². The molecule has 2 saturated heterocycles. The number of benzene rings is 2. The van der Waals surface area contributed by atoms with Crippen LogP contribution >= 0.6 is 11.6 Å². The molecule has 2 aliphatic rings. The van der Waals surface area contributed by atoms with Gasteiger partial charge < -0.3 is 34.4 Å². The summed E-state index contributed by atoms with van der Waals surface area (Å²) < 4.78 is 35.0. The average Bonchev–Trinajstić information content (AvgIpc) is 3.61. The van der Waals surface area contributed by atoms with Crippen LogP contribution in [0.5, 0.6) is 5.75 Å². The predicted octanol–water partition coefficient (Wildman–Crippen LogP) is 3.02. The number of ether oxygens (including phenoxy) is 1. The highest BCUT2D eigenvalue weighted by Crippen LogP contribution is 2.30. The van der Waals surface area contributed by atoms with Crippen molar-refractivity contribution < 1.29 is 33.0 Å². The number of hydrogen-bond donors (Lipinski definition) is 2. The van der Waals surface area contributed by atoms with Crippen molar-refractivity contribution >= 4 is 35.0 Å². The minimum atomic E-state index is -1.15. The fourth-order valence-electron chi connectivity index (χ4n) is 5.47. The van der Waals surface area contributed by atoms with Gasteiger partial charge >= 0.3 is 0 Å². The second-order valence-corrected chi connectivity index (χ2v) is 11.2. The Balaban J connectivity index is 1.17. The summed E-state index contributed by atoms with van der Waals surface area (Å²) in [5.74, 6) is -3.45. The first-order valence-corrected chi connectivity index (χ1v) is 14.6. The minimum Gasteiger partial charge on any atom is -0.494 e. The number of nitrogens with one attached hydrogen (secondary N) is 1. The molecule has 5 rings (SSSR count). The third kappa shape index (κ3) is 6.54. The quantitative estimate of drug-likeness (QED) is 0.393. The highest BCUT2D eigenvalue weighted by Gasteiger charge is 2.28. The number of imidazole rings is 1. The van der Waals surface area contributed by atoms with Crippen LogP contribution in [0.15, 0.2) is 36.5 Å². The summed E-state index contributed by atoms with van der Waals surface area (Å²) in [7, 11) is 2.73. The number of aliphatic hydroxyl groups excluding tert-OH is 1. The van der Waals surface area contributed by atoms with Crippen LogP contribution in [0.1, 0.15) is 33.8 Å². The van der Waals surface area contributed by atoms with Gasteiger partial charge in [-0.05, 0) is 36.8 Å². The van der Waals surface area contributed by atoms with Crippen molar-refractivity contribution in [3.63, 3.8) is 0 Å². The molecule has 0 saturated carbocycles. The molecule has 14 heteroatoms. The lowest BCUT2D eigenvalue weighted by molar-refractivity contribution is -0.133. The summed E-state index contributed by atoms with van der Waals surface area (Å²) in [6.45, 7) is 3.55. The standard InChI is InChI=1S/C30H33ClF2N6O5/c1-36-23(21-5-6-24(44-2)27(33)26(21)32)16-34-28(36)29(42)35-18-3-4-20(22(31)15-18)30(43)39-13-11-38(12-14-39)25(41)8-10-37-9-7-19(40)17-37/h3-6,15-16,19,40H,7-14,17H2,1-2H3,(H,35,42). The molecule has 1 aromatic heterocycles. The first kappa shape index (κ1) is 31.4. The molecule has 0 bridgehead atoms. The SMILES string of the molecule is COc1ccc(-c2cnc(C(=O)Nc3ccc(C(=O)N4CCN(C(=O)CCN5CCC(O)C5)CC4)c(Cl)c3)n2C)c(F)c1F. The second kappa shape index (κ2) is 13.3. The summed E-state index contributed by atoms with van der Waals surface area (Å²) in [5.41, 5.74) is 0.662. The lowest BCUT2D eigenvalue weighted by atomic mass is 10.1. The Morgan fingerprint density at radius 3 is 2.45 bits per heavy atom. The number of aromatic nitrogens is 2. The number of β-amino-alcohol motifs (C(OH)–C–C–N with tert-alkyl or cyclic N) is 1. The van der Waals surface area contributed by atoms with Gasteiger partial charge in [-0.1, -0.05) is 11.6 Å². The monoisotopic (exact) mass is 630 g/mol. The van der Waals surface area contributed by atoms with Crippen molar-refractivity contribution in [3.05, 3.63) is 64.6 Å². The molecular formula is C30H33ClF2N6O5. The molecule has 2 fully saturated rings. The third-order valence-corrected chi connectivity index (χ3v) is 8.31. The summed E-state index contributed by atoms with van der Waals surface area (Å²) in [4.78, 5) is 48.4. The van der Waals surface area contributed by atoms with Crippen LogP contribution < -0.4 is 10.1 Å². The summed E-state index contributed by atoms with van der Waals surface area (Å²) in [5, 5.41) is 12.5. The first-order valence-electron chi connectivity index (χ1n) is 14.2. The molecule has 2 N–H and O–H groups in total. The fourth-order valence-corrected chi connectivity index (χ4v) is 5.73. The molecule has 0 spiro atoms. The molecule has 3 aromatic rings. The number of anilines is 1. The van der Waals surface area contributed by atoms with Crippen LogP contribution in [-0.2, 0) is 11.8 Å². The Morgan fingerprint density at radius 2 is 1.80 bits per heavy atom. The number of carbonyl (C=O) groups excluding carboxylic acids is 3. The van der Waals surface area contributed by atoms with E-state index in [9.17, 15) is 28.3 Å². The molecular weight excluding hydrogens is 598 g/mol. The minimum absolute atomic E-state index is 0.0257. The molecule has 2 aliphatic heterocycles. The van der Waals surface area contributed by atoms with Crippen molar-refractivity contribution in [2.45, 2.75) is 18.9 Å². The van der Waals surface area contributed by atoms with Crippen molar-refractivity contribution in [2.24, 2.45) is 7.05 Å². The molecule has 0 radical (unpaired) electrons. The van der Waals surface area contributed by atoms with Crippen molar-refractivity contribution in [1.82, 2.24) is 24.3 Å². The van der Waals surface area contributed by atoms with Gasteiger partial charge in [0.2, 0.25) is 11.7 Å². The molecule has 0 aliphatic carbocycles. The number of amides is 3. The Bertz CT molecular complexity index is 1580. The second-order valence-electron chi connectivity index (χ2n) is 10.8. The summed E-state index contributed by atoms with van der Waals surface area (Å²) in [6, 6.07) is 7.13. The maximum Gasteiger partial charge on any atom is 0.291 e. The Labute approximate surface area is 258 Å². The van der Waals surface area contributed by atoms with Gasteiger partial charge in [0.1, 0.15) is 0 Å². The van der Waals surface area contributed by atoms with Gasteiger partial charge in [0, 0.05) is 70.5 Å². The van der Waals surface area contributed by atoms with Crippen LogP contribution in [0, 0.1) is 11.6 Å². The van der Waals surface area contributed by atoms with E-state index in [1.54, 1.807) is 9.80 Å². The van der Waals surface area contributed by atoms with E-state index in [-0.39, 0.29) is 51.3 Å². The molecule has 234 valence electrons. The Hall–Kier alpha value is -4.07. The smallest absolute Gasteiger partial charge is 0.291 e. The van der Waals surface area contributed by atoms with Crippen LogP contribution in [0.25, 0.3) is 11.3 Å². The van der Waals surface area contributed by atoms with E-state index >= 15 is 0 Å². The lowest BCUT2D eigenvalue weighted by Gasteiger charge is -2.35. The highest BCUT2D eigenvalue weighted by atomic mass is 35.5. The molecule has 3 heterocycles. The maximum atomic E-state index is 14.6. The van der Waals surface area contributed by atoms with Crippen molar-refractivity contribution in [1.29, 1.82) is 0 Å². The zero-order valence-corrected chi connectivity index (χ0v) is 25.1. The summed E-state index contributed by atoms with van der Waals surface area (Å²) >= 11 is 6.44. The van der Waals surface area contributed by atoms with E-state index in [2.05, 4.69) is 15.2 Å². The van der Waals surface area contributed by atoms with Crippen LogP contribution in [0.3, 0.4) is 0 Å². The number of piperazine rings is 1. The molecule has 11 nitrogen and oxygen atoms in total. The van der Waals surface area contributed by atoms with Gasteiger partial charge in [0.25, 0.3) is 11.8 Å². The number of hydrogen-bond acceptors (Lipinski definition) is 7. The number of carbonyl (C=O) groups is 3. The van der Waals surface area contributed by atoms with Crippen molar-refractivity contribution in [2.75, 3.05) is 58.2 Å². The zero-order chi connectivity index (χ0) is 31.5. The molecule has 44 heavy (non-hydrogen) atoms. The summed E-state index contributed by atoms with van der Waals surface area (Å²) in [6.07, 6.45) is 2.04. The molecule has 3 amide bonds. The van der Waals surface area contributed by atoms with E-state index in [1.165, 1.54) is 55.3 Å². The predicted molar refractivity (Wildman–Crippen MR) is 159 cm³/mol. The van der Waals surface area contributed by atoms with Crippen LogP contribution in [0.4, 0.5) is 14.5 Å². The van der Waals surface area contributed by atoms with E-state index in [4.69, 9.17) is 16.3 Å².